The van der Waals surface area contributed by atoms with E-state index in [4.69, 9.17) is 9.47 Å². The van der Waals surface area contributed by atoms with Gasteiger partial charge in [0.1, 0.15) is 0 Å². The molecule has 0 radical (unpaired) electrons. The topological polar surface area (TPSA) is 52.6 Å². The van der Waals surface area contributed by atoms with E-state index in [-0.39, 0.29) is 17.9 Å². The van der Waals surface area contributed by atoms with E-state index in [1.807, 2.05) is 0 Å². The van der Waals surface area contributed by atoms with E-state index < -0.39 is 5.41 Å². The fourth-order valence-corrected chi connectivity index (χ4v) is 3.62. The maximum absolute atomic E-state index is 12.9. The molecule has 0 aromatic carbocycles. The molecule has 0 saturated heterocycles. The fourth-order valence-electron chi connectivity index (χ4n) is 3.62. The summed E-state index contributed by atoms with van der Waals surface area (Å²) in [5.74, 6) is -0.192. The lowest BCUT2D eigenvalue weighted by Gasteiger charge is -2.39. The van der Waals surface area contributed by atoms with Crippen LogP contribution in [0.1, 0.15) is 79.1 Å². The molecule has 1 fully saturated rings. The van der Waals surface area contributed by atoms with Crippen molar-refractivity contribution in [2.75, 3.05) is 13.2 Å². The molecule has 1 atom stereocenters. The van der Waals surface area contributed by atoms with Gasteiger partial charge in [-0.05, 0) is 51.4 Å². The molecule has 0 heterocycles. The van der Waals surface area contributed by atoms with Crippen LogP contribution in [0.15, 0.2) is 0 Å². The third-order valence-electron chi connectivity index (χ3n) is 5.31. The molecular weight excluding hydrogens is 292 g/mol. The maximum Gasteiger partial charge on any atom is 0.323 e. The molecule has 0 aromatic heterocycles. The van der Waals surface area contributed by atoms with Gasteiger partial charge in [-0.25, -0.2) is 0 Å². The van der Waals surface area contributed by atoms with Gasteiger partial charge in [0.15, 0.2) is 5.41 Å². The summed E-state index contributed by atoms with van der Waals surface area (Å²) in [6.45, 7) is 8.50. The molecule has 1 saturated carbocycles. The van der Waals surface area contributed by atoms with Crippen LogP contribution >= 0.6 is 0 Å². The van der Waals surface area contributed by atoms with Crippen LogP contribution in [0.25, 0.3) is 0 Å². The lowest BCUT2D eigenvalue weighted by atomic mass is 9.65. The van der Waals surface area contributed by atoms with Gasteiger partial charge in [-0.2, -0.15) is 0 Å². The third kappa shape index (κ3) is 4.95. The van der Waals surface area contributed by atoms with Crippen LogP contribution in [-0.4, -0.2) is 25.2 Å². The molecule has 23 heavy (non-hydrogen) atoms. The summed E-state index contributed by atoms with van der Waals surface area (Å²) in [5.41, 5.74) is -1.10. The van der Waals surface area contributed by atoms with E-state index >= 15 is 0 Å². The zero-order valence-electron chi connectivity index (χ0n) is 15.4. The van der Waals surface area contributed by atoms with Crippen LogP contribution in [0, 0.1) is 17.3 Å². The number of esters is 2. The van der Waals surface area contributed by atoms with Gasteiger partial charge in [0.25, 0.3) is 0 Å². The quantitative estimate of drug-likeness (QED) is 0.462. The Kier molecular flexibility index (Phi) is 8.64. The standard InChI is InChI=1S/C19H34O4/c1-5-15(4)13-14-19(17(20)22-6-2,18(21)23-7-3)16-11-9-8-10-12-16/h15-16H,5-14H2,1-4H3. The Balaban J connectivity index is 3.13. The summed E-state index contributed by atoms with van der Waals surface area (Å²) in [6, 6.07) is 0. The van der Waals surface area contributed by atoms with Gasteiger partial charge in [-0.3, -0.25) is 9.59 Å². The Morgan fingerprint density at radius 3 is 1.96 bits per heavy atom. The molecular formula is C19H34O4. The van der Waals surface area contributed by atoms with Crippen LogP contribution < -0.4 is 0 Å². The Labute approximate surface area is 141 Å². The highest BCUT2D eigenvalue weighted by Crippen LogP contribution is 2.45. The molecule has 1 unspecified atom stereocenters. The van der Waals surface area contributed by atoms with Crippen LogP contribution in [0.4, 0.5) is 0 Å². The predicted molar refractivity (Wildman–Crippen MR) is 91.0 cm³/mol. The summed E-state index contributed by atoms with van der Waals surface area (Å²) in [4.78, 5) is 25.7. The van der Waals surface area contributed by atoms with Crippen molar-refractivity contribution >= 4 is 11.9 Å². The first kappa shape index (κ1) is 20.0. The predicted octanol–water partition coefficient (Wildman–Crippen LogP) is 4.51. The molecule has 0 aliphatic heterocycles. The van der Waals surface area contributed by atoms with Crippen molar-refractivity contribution in [3.05, 3.63) is 0 Å². The Morgan fingerprint density at radius 1 is 1.00 bits per heavy atom. The average molecular weight is 326 g/mol. The molecule has 0 amide bonds. The first-order valence-corrected chi connectivity index (χ1v) is 9.37. The Morgan fingerprint density at radius 2 is 1.52 bits per heavy atom. The van der Waals surface area contributed by atoms with Crippen molar-refractivity contribution in [3.63, 3.8) is 0 Å². The number of rotatable bonds is 9. The highest BCUT2D eigenvalue weighted by molar-refractivity contribution is 6.00. The molecule has 134 valence electrons. The van der Waals surface area contributed by atoms with E-state index in [9.17, 15) is 9.59 Å². The normalized spacial score (nSPS) is 17.6. The highest BCUT2D eigenvalue weighted by atomic mass is 16.6. The zero-order valence-corrected chi connectivity index (χ0v) is 15.4. The van der Waals surface area contributed by atoms with Gasteiger partial charge in [0, 0.05) is 0 Å². The van der Waals surface area contributed by atoms with Gasteiger partial charge in [0.05, 0.1) is 13.2 Å². The monoisotopic (exact) mass is 326 g/mol. The highest BCUT2D eigenvalue weighted by Gasteiger charge is 2.54. The summed E-state index contributed by atoms with van der Waals surface area (Å²) >= 11 is 0. The lowest BCUT2D eigenvalue weighted by molar-refractivity contribution is -0.179. The van der Waals surface area contributed by atoms with Crippen molar-refractivity contribution in [2.45, 2.75) is 79.1 Å². The maximum atomic E-state index is 12.9. The fraction of sp³-hybridized carbons (Fsp3) is 0.895. The van der Waals surface area contributed by atoms with Gasteiger partial charge < -0.3 is 9.47 Å². The third-order valence-corrected chi connectivity index (χ3v) is 5.31. The van der Waals surface area contributed by atoms with E-state index in [1.165, 1.54) is 6.42 Å². The molecule has 0 spiro atoms. The Hall–Kier alpha value is -1.06. The van der Waals surface area contributed by atoms with Crippen LogP contribution in [0.2, 0.25) is 0 Å². The van der Waals surface area contributed by atoms with Gasteiger partial charge in [0.2, 0.25) is 0 Å². The molecule has 0 aromatic rings. The van der Waals surface area contributed by atoms with E-state index in [0.29, 0.717) is 25.6 Å². The molecule has 0 N–H and O–H groups in total. The number of hydrogen-bond donors (Lipinski definition) is 0. The molecule has 4 nitrogen and oxygen atoms in total. The second-order valence-corrected chi connectivity index (χ2v) is 6.80. The average Bonchev–Trinajstić information content (AvgIpc) is 2.56. The number of carbonyl (C=O) groups is 2. The number of ether oxygens (including phenoxy) is 2. The summed E-state index contributed by atoms with van der Waals surface area (Å²) in [7, 11) is 0. The molecule has 1 aliphatic rings. The van der Waals surface area contributed by atoms with E-state index in [1.54, 1.807) is 13.8 Å². The van der Waals surface area contributed by atoms with Crippen molar-refractivity contribution in [1.82, 2.24) is 0 Å². The van der Waals surface area contributed by atoms with Crippen LogP contribution in [0.5, 0.6) is 0 Å². The SMILES string of the molecule is CCOC(=O)C(CCC(C)CC)(C(=O)OCC)C1CCCCC1. The lowest BCUT2D eigenvalue weighted by Crippen LogP contribution is -2.48. The molecule has 1 aliphatic carbocycles. The minimum absolute atomic E-state index is 0.0541. The minimum atomic E-state index is -1.10. The van der Waals surface area contributed by atoms with Crippen molar-refractivity contribution in [2.24, 2.45) is 17.3 Å². The van der Waals surface area contributed by atoms with Crippen molar-refractivity contribution in [1.29, 1.82) is 0 Å². The van der Waals surface area contributed by atoms with Crippen molar-refractivity contribution in [3.8, 4) is 0 Å². The summed E-state index contributed by atoms with van der Waals surface area (Å²) in [5, 5.41) is 0. The van der Waals surface area contributed by atoms with Crippen molar-refractivity contribution < 1.29 is 19.1 Å². The second-order valence-electron chi connectivity index (χ2n) is 6.80. The molecule has 4 heteroatoms. The zero-order chi connectivity index (χ0) is 17.3. The first-order chi connectivity index (χ1) is 11.0. The van der Waals surface area contributed by atoms with E-state index in [0.717, 1.165) is 38.5 Å². The number of hydrogen-bond acceptors (Lipinski definition) is 4. The van der Waals surface area contributed by atoms with Gasteiger partial charge >= 0.3 is 11.9 Å². The molecule has 1 rings (SSSR count). The Bertz CT molecular complexity index is 354. The first-order valence-electron chi connectivity index (χ1n) is 9.37. The number of carbonyl (C=O) groups excluding carboxylic acids is 2. The summed E-state index contributed by atoms with van der Waals surface area (Å²) in [6.07, 6.45) is 7.62. The smallest absolute Gasteiger partial charge is 0.323 e. The largest absolute Gasteiger partial charge is 0.465 e. The van der Waals surface area contributed by atoms with Crippen LogP contribution in [0.3, 0.4) is 0 Å². The molecule has 0 bridgehead atoms. The van der Waals surface area contributed by atoms with Gasteiger partial charge in [-0.15, -0.1) is 0 Å². The van der Waals surface area contributed by atoms with Crippen LogP contribution in [-0.2, 0) is 19.1 Å². The summed E-state index contributed by atoms with van der Waals surface area (Å²) < 4.78 is 10.7. The minimum Gasteiger partial charge on any atom is -0.465 e. The second kappa shape index (κ2) is 9.94. The van der Waals surface area contributed by atoms with Gasteiger partial charge in [-0.1, -0.05) is 39.5 Å². The van der Waals surface area contributed by atoms with E-state index in [2.05, 4.69) is 13.8 Å².